The van der Waals surface area contributed by atoms with Gasteiger partial charge in [-0.1, -0.05) is 23.7 Å². The second-order valence-electron chi connectivity index (χ2n) is 7.43. The maximum Gasteiger partial charge on any atom is 0.288 e. The summed E-state index contributed by atoms with van der Waals surface area (Å²) < 4.78 is 12.0. The van der Waals surface area contributed by atoms with E-state index >= 15 is 0 Å². The Labute approximate surface area is 172 Å². The van der Waals surface area contributed by atoms with Crippen LogP contribution in [0.3, 0.4) is 0 Å². The Morgan fingerprint density at radius 2 is 1.96 bits per heavy atom. The van der Waals surface area contributed by atoms with Crippen molar-refractivity contribution in [2.24, 2.45) is 5.92 Å². The summed E-state index contributed by atoms with van der Waals surface area (Å²) in [6.45, 7) is 4.09. The van der Waals surface area contributed by atoms with Crippen LogP contribution in [0.25, 0.3) is 0 Å². The van der Waals surface area contributed by atoms with E-state index in [4.69, 9.17) is 21.1 Å². The Morgan fingerprint density at radius 3 is 2.61 bits per heavy atom. The number of amides is 1. The van der Waals surface area contributed by atoms with Gasteiger partial charge >= 0.3 is 0 Å². The summed E-state index contributed by atoms with van der Waals surface area (Å²) in [5.74, 6) is 0.313. The van der Waals surface area contributed by atoms with E-state index < -0.39 is 6.29 Å². The Hall–Kier alpha value is -1.56. The monoisotopic (exact) mass is 407 g/mol. The van der Waals surface area contributed by atoms with Crippen LogP contribution in [0.1, 0.15) is 50.5 Å². The predicted molar refractivity (Wildman–Crippen MR) is 109 cm³/mol. The fourth-order valence-corrected chi connectivity index (χ4v) is 4.20. The zero-order valence-corrected chi connectivity index (χ0v) is 17.2. The number of carbonyl (C=O) groups is 1. The number of aliphatic hydroxyl groups excluding tert-OH is 1. The Balaban J connectivity index is 1.92. The van der Waals surface area contributed by atoms with Crippen molar-refractivity contribution < 1.29 is 19.4 Å². The highest BCUT2D eigenvalue weighted by molar-refractivity contribution is 6.30. The third-order valence-electron chi connectivity index (χ3n) is 5.52. The molecule has 1 amide bonds. The van der Waals surface area contributed by atoms with E-state index in [1.807, 2.05) is 42.2 Å². The lowest BCUT2D eigenvalue weighted by Crippen LogP contribution is -2.42. The minimum atomic E-state index is -0.508. The number of allylic oxidation sites excluding steroid dienone is 1. The predicted octanol–water partition coefficient (Wildman–Crippen LogP) is 4.10. The molecule has 0 saturated carbocycles. The highest BCUT2D eigenvalue weighted by Crippen LogP contribution is 2.40. The highest BCUT2D eigenvalue weighted by Gasteiger charge is 2.38. The third kappa shape index (κ3) is 5.07. The normalized spacial score (nSPS) is 25.2. The molecule has 28 heavy (non-hydrogen) atoms. The molecule has 2 aliphatic heterocycles. The SMILES string of the molecule is CCO[C@@H]1OC(C(=O)N2CCCCC2)=C[C@H](c2ccc(Cl)cc2)[C@H]1CCCO. The standard InChI is InChI=1S/C22H30ClNO4/c1-2-27-22-18(7-6-14-25)19(16-8-10-17(23)11-9-16)15-20(28-22)21(26)24-12-4-3-5-13-24/h8-11,15,18-19,22,25H,2-7,12-14H2,1H3/t18-,19-,22-/m1/s1. The van der Waals surface area contributed by atoms with E-state index in [0.29, 0.717) is 23.8 Å². The fraction of sp³-hybridized carbons (Fsp3) is 0.591. The molecule has 154 valence electrons. The first kappa shape index (κ1) is 21.2. The van der Waals surface area contributed by atoms with Gasteiger partial charge < -0.3 is 19.5 Å². The molecule has 1 aromatic rings. The average molecular weight is 408 g/mol. The van der Waals surface area contributed by atoms with Gasteiger partial charge in [0.1, 0.15) is 0 Å². The van der Waals surface area contributed by atoms with E-state index in [1.54, 1.807) is 0 Å². The van der Waals surface area contributed by atoms with Gasteiger partial charge in [0.2, 0.25) is 6.29 Å². The second kappa shape index (κ2) is 10.3. The van der Waals surface area contributed by atoms with E-state index in [1.165, 1.54) is 6.42 Å². The van der Waals surface area contributed by atoms with Gasteiger partial charge in [0.05, 0.1) is 0 Å². The summed E-state index contributed by atoms with van der Waals surface area (Å²) in [5, 5.41) is 10.0. The Kier molecular flexibility index (Phi) is 7.77. The summed E-state index contributed by atoms with van der Waals surface area (Å²) in [5.41, 5.74) is 1.07. The van der Waals surface area contributed by atoms with Crippen LogP contribution in [-0.2, 0) is 14.3 Å². The molecule has 0 unspecified atom stereocenters. The zero-order valence-electron chi connectivity index (χ0n) is 16.5. The topological polar surface area (TPSA) is 59.0 Å². The van der Waals surface area contributed by atoms with Gasteiger partial charge in [0, 0.05) is 43.2 Å². The maximum atomic E-state index is 13.1. The number of piperidine rings is 1. The number of ether oxygens (including phenoxy) is 2. The van der Waals surface area contributed by atoms with Crippen LogP contribution in [0, 0.1) is 5.92 Å². The van der Waals surface area contributed by atoms with Crippen molar-refractivity contribution in [2.45, 2.75) is 51.2 Å². The van der Waals surface area contributed by atoms with Crippen molar-refractivity contribution >= 4 is 17.5 Å². The molecule has 3 rings (SSSR count). The zero-order chi connectivity index (χ0) is 19.9. The molecular weight excluding hydrogens is 378 g/mol. The van der Waals surface area contributed by atoms with Crippen molar-refractivity contribution in [1.82, 2.24) is 4.90 Å². The van der Waals surface area contributed by atoms with Gasteiger partial charge in [-0.3, -0.25) is 4.79 Å². The molecule has 3 atom stereocenters. The van der Waals surface area contributed by atoms with E-state index in [-0.39, 0.29) is 24.3 Å². The maximum absolute atomic E-state index is 13.1. The Morgan fingerprint density at radius 1 is 1.25 bits per heavy atom. The van der Waals surface area contributed by atoms with Crippen LogP contribution >= 0.6 is 11.6 Å². The number of carbonyl (C=O) groups excluding carboxylic acids is 1. The largest absolute Gasteiger partial charge is 0.459 e. The molecule has 0 spiro atoms. The van der Waals surface area contributed by atoms with Gasteiger partial charge in [-0.2, -0.15) is 0 Å². The van der Waals surface area contributed by atoms with Crippen molar-refractivity contribution in [2.75, 3.05) is 26.3 Å². The van der Waals surface area contributed by atoms with Crippen molar-refractivity contribution in [3.05, 3.63) is 46.7 Å². The van der Waals surface area contributed by atoms with Crippen LogP contribution in [0.5, 0.6) is 0 Å². The molecule has 1 saturated heterocycles. The smallest absolute Gasteiger partial charge is 0.288 e. The second-order valence-corrected chi connectivity index (χ2v) is 7.87. The highest BCUT2D eigenvalue weighted by atomic mass is 35.5. The van der Waals surface area contributed by atoms with Crippen LogP contribution in [0.2, 0.25) is 5.02 Å². The number of rotatable bonds is 7. The molecule has 1 aromatic carbocycles. The first-order valence-corrected chi connectivity index (χ1v) is 10.7. The quantitative estimate of drug-likeness (QED) is 0.739. The number of hydrogen-bond acceptors (Lipinski definition) is 4. The van der Waals surface area contributed by atoms with Crippen molar-refractivity contribution in [1.29, 1.82) is 0 Å². The van der Waals surface area contributed by atoms with Crippen LogP contribution in [-0.4, -0.2) is 48.5 Å². The number of aliphatic hydroxyl groups is 1. The molecule has 2 aliphatic rings. The first-order chi connectivity index (χ1) is 13.6. The molecule has 0 radical (unpaired) electrons. The number of halogens is 1. The number of benzene rings is 1. The lowest BCUT2D eigenvalue weighted by atomic mass is 9.80. The van der Waals surface area contributed by atoms with Gasteiger partial charge in [-0.05, 0) is 62.8 Å². The molecule has 6 heteroatoms. The third-order valence-corrected chi connectivity index (χ3v) is 5.77. The van der Waals surface area contributed by atoms with E-state index in [2.05, 4.69) is 0 Å². The molecule has 1 fully saturated rings. The molecule has 0 bridgehead atoms. The number of likely N-dealkylation sites (tertiary alicyclic amines) is 1. The fourth-order valence-electron chi connectivity index (χ4n) is 4.08. The molecule has 1 N–H and O–H groups in total. The lowest BCUT2D eigenvalue weighted by molar-refractivity contribution is -0.170. The van der Waals surface area contributed by atoms with Crippen molar-refractivity contribution in [3.8, 4) is 0 Å². The summed E-state index contributed by atoms with van der Waals surface area (Å²) in [7, 11) is 0. The summed E-state index contributed by atoms with van der Waals surface area (Å²) in [6, 6.07) is 7.72. The van der Waals surface area contributed by atoms with Gasteiger partial charge in [0.25, 0.3) is 5.91 Å². The molecule has 0 aliphatic carbocycles. The van der Waals surface area contributed by atoms with E-state index in [0.717, 1.165) is 37.9 Å². The average Bonchev–Trinajstić information content (AvgIpc) is 2.73. The number of hydrogen-bond donors (Lipinski definition) is 1. The summed E-state index contributed by atoms with van der Waals surface area (Å²) in [6.07, 6.45) is 6.08. The van der Waals surface area contributed by atoms with Crippen molar-refractivity contribution in [3.63, 3.8) is 0 Å². The number of nitrogens with zero attached hydrogens (tertiary/aromatic N) is 1. The summed E-state index contributed by atoms with van der Waals surface area (Å²) in [4.78, 5) is 15.0. The van der Waals surface area contributed by atoms with Gasteiger partial charge in [-0.15, -0.1) is 0 Å². The van der Waals surface area contributed by atoms with Crippen LogP contribution in [0.15, 0.2) is 36.1 Å². The minimum absolute atomic E-state index is 0.0196. The summed E-state index contributed by atoms with van der Waals surface area (Å²) >= 11 is 6.07. The Bertz CT molecular complexity index is 670. The molecule has 0 aromatic heterocycles. The first-order valence-electron chi connectivity index (χ1n) is 10.3. The molecular formula is C22H30ClNO4. The van der Waals surface area contributed by atoms with Crippen LogP contribution in [0.4, 0.5) is 0 Å². The minimum Gasteiger partial charge on any atom is -0.459 e. The molecule has 2 heterocycles. The lowest BCUT2D eigenvalue weighted by Gasteiger charge is -2.38. The van der Waals surface area contributed by atoms with E-state index in [9.17, 15) is 9.90 Å². The van der Waals surface area contributed by atoms with Gasteiger partial charge in [0.15, 0.2) is 5.76 Å². The van der Waals surface area contributed by atoms with Crippen LogP contribution < -0.4 is 0 Å². The van der Waals surface area contributed by atoms with Gasteiger partial charge in [-0.25, -0.2) is 0 Å². The molecule has 5 nitrogen and oxygen atoms in total.